The standard InChI is InChI=1S/C11H20N2OS/c1-3-5-9(12)10(14)13-8-11(15-2)6-4-7-11/h3,9H,1,4-8,12H2,2H3,(H,13,14). The van der Waals surface area contributed by atoms with Crippen LogP contribution in [-0.4, -0.2) is 29.5 Å². The Kier molecular flexibility index (Phi) is 4.67. The van der Waals surface area contributed by atoms with Crippen LogP contribution in [0.1, 0.15) is 25.7 Å². The van der Waals surface area contributed by atoms with Crippen molar-refractivity contribution in [2.75, 3.05) is 12.8 Å². The summed E-state index contributed by atoms with van der Waals surface area (Å²) in [5.41, 5.74) is 5.67. The minimum absolute atomic E-state index is 0.0600. The minimum Gasteiger partial charge on any atom is -0.353 e. The molecule has 1 saturated carbocycles. The predicted molar refractivity (Wildman–Crippen MR) is 65.9 cm³/mol. The molecule has 1 aliphatic rings. The predicted octanol–water partition coefficient (Wildman–Crippen LogP) is 1.29. The molecule has 1 rings (SSSR count). The lowest BCUT2D eigenvalue weighted by atomic mass is 9.84. The zero-order chi connectivity index (χ0) is 11.3. The molecule has 0 bridgehead atoms. The first-order valence-electron chi connectivity index (χ1n) is 5.33. The smallest absolute Gasteiger partial charge is 0.237 e. The van der Waals surface area contributed by atoms with E-state index in [9.17, 15) is 4.79 Å². The lowest BCUT2D eigenvalue weighted by Crippen LogP contribution is -2.49. The zero-order valence-electron chi connectivity index (χ0n) is 9.29. The molecule has 0 radical (unpaired) electrons. The average Bonchev–Trinajstić information content (AvgIpc) is 2.17. The van der Waals surface area contributed by atoms with Gasteiger partial charge in [0, 0.05) is 11.3 Å². The summed E-state index contributed by atoms with van der Waals surface area (Å²) in [6, 6.07) is -0.443. The summed E-state index contributed by atoms with van der Waals surface area (Å²) in [6.45, 7) is 4.32. The summed E-state index contributed by atoms with van der Waals surface area (Å²) in [5, 5.41) is 2.93. The molecule has 1 amide bonds. The molecule has 4 heteroatoms. The molecule has 0 spiro atoms. The maximum absolute atomic E-state index is 11.5. The van der Waals surface area contributed by atoms with E-state index >= 15 is 0 Å². The van der Waals surface area contributed by atoms with Gasteiger partial charge in [0.1, 0.15) is 0 Å². The molecule has 1 aliphatic carbocycles. The van der Waals surface area contributed by atoms with Crippen LogP contribution < -0.4 is 11.1 Å². The molecule has 0 aromatic carbocycles. The van der Waals surface area contributed by atoms with E-state index in [0.717, 1.165) is 6.54 Å². The topological polar surface area (TPSA) is 55.1 Å². The van der Waals surface area contributed by atoms with Crippen molar-refractivity contribution in [1.29, 1.82) is 0 Å². The minimum atomic E-state index is -0.443. The Morgan fingerprint density at radius 3 is 2.80 bits per heavy atom. The van der Waals surface area contributed by atoms with E-state index in [1.807, 2.05) is 11.8 Å². The fourth-order valence-corrected chi connectivity index (χ4v) is 2.60. The Morgan fingerprint density at radius 1 is 1.73 bits per heavy atom. The van der Waals surface area contributed by atoms with Crippen LogP contribution in [0.2, 0.25) is 0 Å². The largest absolute Gasteiger partial charge is 0.353 e. The van der Waals surface area contributed by atoms with E-state index in [4.69, 9.17) is 5.73 Å². The Labute approximate surface area is 95.9 Å². The number of hydrogen-bond acceptors (Lipinski definition) is 3. The van der Waals surface area contributed by atoms with Crippen LogP contribution in [0.25, 0.3) is 0 Å². The van der Waals surface area contributed by atoms with Crippen molar-refractivity contribution < 1.29 is 4.79 Å². The first-order valence-corrected chi connectivity index (χ1v) is 6.55. The molecule has 3 N–H and O–H groups in total. The fourth-order valence-electron chi connectivity index (χ4n) is 1.69. The van der Waals surface area contributed by atoms with Gasteiger partial charge in [0.25, 0.3) is 0 Å². The average molecular weight is 228 g/mol. The molecular weight excluding hydrogens is 208 g/mol. The highest BCUT2D eigenvalue weighted by Crippen LogP contribution is 2.42. The molecule has 1 unspecified atom stereocenters. The number of nitrogens with two attached hydrogens (primary N) is 1. The van der Waals surface area contributed by atoms with E-state index in [1.165, 1.54) is 19.3 Å². The first-order chi connectivity index (χ1) is 7.13. The van der Waals surface area contributed by atoms with Gasteiger partial charge in [-0.1, -0.05) is 12.5 Å². The van der Waals surface area contributed by atoms with E-state index < -0.39 is 6.04 Å². The van der Waals surface area contributed by atoms with Crippen molar-refractivity contribution >= 4 is 17.7 Å². The van der Waals surface area contributed by atoms with E-state index in [2.05, 4.69) is 18.2 Å². The molecule has 0 aromatic heterocycles. The molecule has 86 valence electrons. The van der Waals surface area contributed by atoms with Crippen LogP contribution in [0, 0.1) is 0 Å². The maximum atomic E-state index is 11.5. The van der Waals surface area contributed by atoms with Crippen LogP contribution in [0.3, 0.4) is 0 Å². The quantitative estimate of drug-likeness (QED) is 0.674. The van der Waals surface area contributed by atoms with Crippen LogP contribution in [-0.2, 0) is 4.79 Å². The lowest BCUT2D eigenvalue weighted by Gasteiger charge is -2.40. The third kappa shape index (κ3) is 3.24. The monoisotopic (exact) mass is 228 g/mol. The second kappa shape index (κ2) is 5.56. The van der Waals surface area contributed by atoms with Gasteiger partial charge >= 0.3 is 0 Å². The molecule has 0 aliphatic heterocycles. The number of rotatable bonds is 6. The number of nitrogens with one attached hydrogen (secondary N) is 1. The van der Waals surface area contributed by atoms with Crippen molar-refractivity contribution in [3.8, 4) is 0 Å². The highest BCUT2D eigenvalue weighted by molar-refractivity contribution is 8.00. The lowest BCUT2D eigenvalue weighted by molar-refractivity contribution is -0.122. The third-order valence-electron chi connectivity index (χ3n) is 3.04. The van der Waals surface area contributed by atoms with Crippen LogP contribution >= 0.6 is 11.8 Å². The summed E-state index contributed by atoms with van der Waals surface area (Å²) < 4.78 is 0.281. The Bertz CT molecular complexity index is 233. The van der Waals surface area contributed by atoms with Crippen molar-refractivity contribution in [2.45, 2.75) is 36.5 Å². The third-order valence-corrected chi connectivity index (χ3v) is 4.46. The summed E-state index contributed by atoms with van der Waals surface area (Å²) in [4.78, 5) is 11.5. The first kappa shape index (κ1) is 12.6. The number of hydrogen-bond donors (Lipinski definition) is 2. The molecular formula is C11H20N2OS. The molecule has 1 atom stereocenters. The van der Waals surface area contributed by atoms with Gasteiger partial charge in [0.2, 0.25) is 5.91 Å². The zero-order valence-corrected chi connectivity index (χ0v) is 10.1. The molecule has 3 nitrogen and oxygen atoms in total. The summed E-state index contributed by atoms with van der Waals surface area (Å²) in [6.07, 6.45) is 8.00. The normalized spacial score (nSPS) is 20.1. The SMILES string of the molecule is C=CCC(N)C(=O)NCC1(SC)CCC1. The number of amides is 1. The highest BCUT2D eigenvalue weighted by Gasteiger charge is 2.36. The van der Waals surface area contributed by atoms with Crippen LogP contribution in [0.5, 0.6) is 0 Å². The van der Waals surface area contributed by atoms with Gasteiger partial charge in [0.15, 0.2) is 0 Å². The van der Waals surface area contributed by atoms with E-state index in [1.54, 1.807) is 6.08 Å². The maximum Gasteiger partial charge on any atom is 0.237 e. The van der Waals surface area contributed by atoms with Gasteiger partial charge in [-0.25, -0.2) is 0 Å². The van der Waals surface area contributed by atoms with Gasteiger partial charge in [0.05, 0.1) is 6.04 Å². The molecule has 0 saturated heterocycles. The van der Waals surface area contributed by atoms with Gasteiger partial charge in [-0.3, -0.25) is 4.79 Å². The number of carbonyl (C=O) groups excluding carboxylic acids is 1. The van der Waals surface area contributed by atoms with Gasteiger partial charge < -0.3 is 11.1 Å². The van der Waals surface area contributed by atoms with Crippen LogP contribution in [0.15, 0.2) is 12.7 Å². The van der Waals surface area contributed by atoms with Crippen molar-refractivity contribution in [3.63, 3.8) is 0 Å². The molecule has 0 heterocycles. The van der Waals surface area contributed by atoms with Crippen LogP contribution in [0.4, 0.5) is 0 Å². The fraction of sp³-hybridized carbons (Fsp3) is 0.727. The van der Waals surface area contributed by atoms with Gasteiger partial charge in [-0.2, -0.15) is 11.8 Å². The second-order valence-corrected chi connectivity index (χ2v) is 5.36. The van der Waals surface area contributed by atoms with E-state index in [-0.39, 0.29) is 10.7 Å². The summed E-state index contributed by atoms with van der Waals surface area (Å²) >= 11 is 1.85. The van der Waals surface area contributed by atoms with Crippen molar-refractivity contribution in [2.24, 2.45) is 5.73 Å². The Morgan fingerprint density at radius 2 is 2.40 bits per heavy atom. The number of carbonyl (C=O) groups is 1. The van der Waals surface area contributed by atoms with Crippen molar-refractivity contribution in [1.82, 2.24) is 5.32 Å². The van der Waals surface area contributed by atoms with Gasteiger partial charge in [-0.15, -0.1) is 6.58 Å². The van der Waals surface area contributed by atoms with Crippen molar-refractivity contribution in [3.05, 3.63) is 12.7 Å². The highest BCUT2D eigenvalue weighted by atomic mass is 32.2. The molecule has 0 aromatic rings. The summed E-state index contributed by atoms with van der Waals surface area (Å²) in [5.74, 6) is -0.0600. The number of thioether (sulfide) groups is 1. The Balaban J connectivity index is 2.29. The van der Waals surface area contributed by atoms with E-state index in [0.29, 0.717) is 6.42 Å². The van der Waals surface area contributed by atoms with Gasteiger partial charge in [-0.05, 0) is 25.5 Å². The molecule has 15 heavy (non-hydrogen) atoms. The second-order valence-electron chi connectivity index (χ2n) is 4.09. The molecule has 1 fully saturated rings. The summed E-state index contributed by atoms with van der Waals surface area (Å²) in [7, 11) is 0. The Hall–Kier alpha value is -0.480.